The second kappa shape index (κ2) is 8.47. The number of nitrogens with zero attached hydrogens (tertiary/aromatic N) is 4. The number of nitrogens with one attached hydrogen (secondary N) is 1. The van der Waals surface area contributed by atoms with Crippen LogP contribution in [0, 0.1) is 11.3 Å². The molecule has 0 saturated heterocycles. The van der Waals surface area contributed by atoms with Gasteiger partial charge in [0.05, 0.1) is 6.04 Å². The summed E-state index contributed by atoms with van der Waals surface area (Å²) in [7, 11) is 0. The molecule has 0 radical (unpaired) electrons. The number of rotatable bonds is 10. The number of aromatic nitrogens is 4. The van der Waals surface area contributed by atoms with Crippen LogP contribution in [0.5, 0.6) is 0 Å². The average Bonchev–Trinajstić information content (AvgIpc) is 2.83. The number of unbranched alkanes of at least 4 members (excludes halogenated alkanes) is 2. The third-order valence-corrected chi connectivity index (χ3v) is 3.81. The highest BCUT2D eigenvalue weighted by Gasteiger charge is 2.22. The molecule has 21 heavy (non-hydrogen) atoms. The maximum atomic E-state index is 4.21. The molecule has 122 valence electrons. The second-order valence-electron chi connectivity index (χ2n) is 7.34. The van der Waals surface area contributed by atoms with Gasteiger partial charge in [-0.15, -0.1) is 5.10 Å². The molecule has 1 aromatic rings. The van der Waals surface area contributed by atoms with Crippen molar-refractivity contribution in [3.05, 3.63) is 5.82 Å². The van der Waals surface area contributed by atoms with E-state index in [-0.39, 0.29) is 11.5 Å². The van der Waals surface area contributed by atoms with Crippen molar-refractivity contribution in [2.45, 2.75) is 79.8 Å². The van der Waals surface area contributed by atoms with Crippen molar-refractivity contribution < 1.29 is 0 Å². The Labute approximate surface area is 129 Å². The van der Waals surface area contributed by atoms with Gasteiger partial charge in [0.25, 0.3) is 0 Å². The smallest absolute Gasteiger partial charge is 0.167 e. The molecule has 0 aromatic carbocycles. The predicted octanol–water partition coefficient (Wildman–Crippen LogP) is 3.59. The van der Waals surface area contributed by atoms with Gasteiger partial charge >= 0.3 is 0 Å². The van der Waals surface area contributed by atoms with Crippen molar-refractivity contribution in [1.29, 1.82) is 0 Å². The van der Waals surface area contributed by atoms with Gasteiger partial charge in [-0.3, -0.25) is 0 Å². The van der Waals surface area contributed by atoms with Crippen LogP contribution < -0.4 is 5.32 Å². The zero-order chi connectivity index (χ0) is 15.9. The largest absolute Gasteiger partial charge is 0.307 e. The molecule has 5 nitrogen and oxygen atoms in total. The van der Waals surface area contributed by atoms with E-state index in [0.29, 0.717) is 5.92 Å². The fraction of sp³-hybridized carbons (Fsp3) is 0.938. The molecule has 1 atom stereocenters. The van der Waals surface area contributed by atoms with Crippen molar-refractivity contribution in [2.75, 3.05) is 6.54 Å². The van der Waals surface area contributed by atoms with Crippen molar-refractivity contribution in [1.82, 2.24) is 25.5 Å². The summed E-state index contributed by atoms with van der Waals surface area (Å²) in [5.74, 6) is 1.57. The summed E-state index contributed by atoms with van der Waals surface area (Å²) in [4.78, 5) is 0. The summed E-state index contributed by atoms with van der Waals surface area (Å²) in [6.45, 7) is 15.3. The molecular weight excluding hydrogens is 262 g/mol. The molecule has 0 fully saturated rings. The van der Waals surface area contributed by atoms with Crippen LogP contribution in [0.4, 0.5) is 0 Å². The van der Waals surface area contributed by atoms with Gasteiger partial charge in [0.15, 0.2) is 5.82 Å². The van der Waals surface area contributed by atoms with E-state index in [9.17, 15) is 0 Å². The third-order valence-electron chi connectivity index (χ3n) is 3.81. The highest BCUT2D eigenvalue weighted by atomic mass is 15.5. The maximum Gasteiger partial charge on any atom is 0.167 e. The summed E-state index contributed by atoms with van der Waals surface area (Å²) >= 11 is 0. The first-order valence-corrected chi connectivity index (χ1v) is 8.35. The van der Waals surface area contributed by atoms with E-state index in [0.717, 1.165) is 18.9 Å². The molecule has 1 unspecified atom stereocenters. The van der Waals surface area contributed by atoms with Crippen molar-refractivity contribution in [3.8, 4) is 0 Å². The van der Waals surface area contributed by atoms with Gasteiger partial charge in [-0.2, -0.15) is 0 Å². The molecule has 0 bridgehead atoms. The minimum absolute atomic E-state index is 0.189. The van der Waals surface area contributed by atoms with Gasteiger partial charge in [0.2, 0.25) is 0 Å². The second-order valence-corrected chi connectivity index (χ2v) is 7.34. The SMILES string of the molecule is CCCCCC(C)(C)Cn1nnnc1C(C)NCC(C)C. The molecule has 0 amide bonds. The van der Waals surface area contributed by atoms with Crippen molar-refractivity contribution in [2.24, 2.45) is 11.3 Å². The van der Waals surface area contributed by atoms with Gasteiger partial charge in [0, 0.05) is 6.54 Å². The minimum atomic E-state index is 0.189. The quantitative estimate of drug-likeness (QED) is 0.670. The maximum absolute atomic E-state index is 4.21. The minimum Gasteiger partial charge on any atom is -0.307 e. The fourth-order valence-electron chi connectivity index (χ4n) is 2.48. The Morgan fingerprint density at radius 3 is 2.52 bits per heavy atom. The molecule has 1 rings (SSSR count). The molecule has 0 spiro atoms. The third kappa shape index (κ3) is 6.55. The van der Waals surface area contributed by atoms with E-state index < -0.39 is 0 Å². The standard InChI is InChI=1S/C16H33N5/c1-7-8-9-10-16(5,6)12-21-15(18-19-20-21)14(4)17-11-13(2)3/h13-14,17H,7-12H2,1-6H3. The first-order valence-electron chi connectivity index (χ1n) is 8.35. The molecule has 1 aromatic heterocycles. The molecule has 1 N–H and O–H groups in total. The molecule has 0 aliphatic heterocycles. The summed E-state index contributed by atoms with van der Waals surface area (Å²) in [5.41, 5.74) is 0.233. The van der Waals surface area contributed by atoms with Gasteiger partial charge in [0.1, 0.15) is 0 Å². The van der Waals surface area contributed by atoms with E-state index in [4.69, 9.17) is 0 Å². The fourth-order valence-corrected chi connectivity index (χ4v) is 2.48. The van der Waals surface area contributed by atoms with Crippen LogP contribution in [-0.4, -0.2) is 26.8 Å². The Morgan fingerprint density at radius 1 is 1.19 bits per heavy atom. The summed E-state index contributed by atoms with van der Waals surface area (Å²) in [5, 5.41) is 15.8. The molecule has 5 heteroatoms. The summed E-state index contributed by atoms with van der Waals surface area (Å²) in [6.07, 6.45) is 5.07. The molecule has 1 heterocycles. The molecule has 0 saturated carbocycles. The van der Waals surface area contributed by atoms with Crippen LogP contribution in [0.2, 0.25) is 0 Å². The topological polar surface area (TPSA) is 55.6 Å². The zero-order valence-corrected chi connectivity index (χ0v) is 14.7. The lowest BCUT2D eigenvalue weighted by Gasteiger charge is -2.25. The van der Waals surface area contributed by atoms with Gasteiger partial charge in [-0.1, -0.05) is 53.9 Å². The van der Waals surface area contributed by atoms with E-state index >= 15 is 0 Å². The molecular formula is C16H33N5. The Kier molecular flexibility index (Phi) is 7.29. The predicted molar refractivity (Wildman–Crippen MR) is 87.0 cm³/mol. The highest BCUT2D eigenvalue weighted by molar-refractivity contribution is 4.91. The monoisotopic (exact) mass is 295 g/mol. The van der Waals surface area contributed by atoms with Crippen molar-refractivity contribution in [3.63, 3.8) is 0 Å². The average molecular weight is 295 g/mol. The van der Waals surface area contributed by atoms with Gasteiger partial charge in [-0.25, -0.2) is 4.68 Å². The number of hydrogen-bond donors (Lipinski definition) is 1. The van der Waals surface area contributed by atoms with Crippen molar-refractivity contribution >= 4 is 0 Å². The lowest BCUT2D eigenvalue weighted by Crippen LogP contribution is -2.28. The van der Waals surface area contributed by atoms with E-state index in [1.807, 2.05) is 4.68 Å². The zero-order valence-electron chi connectivity index (χ0n) is 14.7. The van der Waals surface area contributed by atoms with Crippen LogP contribution in [0.3, 0.4) is 0 Å². The highest BCUT2D eigenvalue weighted by Crippen LogP contribution is 2.26. The molecule has 0 aliphatic rings. The van der Waals surface area contributed by atoms with E-state index in [2.05, 4.69) is 62.4 Å². The lowest BCUT2D eigenvalue weighted by molar-refractivity contribution is 0.250. The van der Waals surface area contributed by atoms with Gasteiger partial charge < -0.3 is 5.32 Å². The normalized spacial score (nSPS) is 13.9. The Bertz CT molecular complexity index is 397. The first kappa shape index (κ1) is 18.1. The number of tetrazole rings is 1. The van der Waals surface area contributed by atoms with E-state index in [1.165, 1.54) is 25.7 Å². The van der Waals surface area contributed by atoms with Crippen LogP contribution in [0.25, 0.3) is 0 Å². The van der Waals surface area contributed by atoms with Crippen LogP contribution in [0.15, 0.2) is 0 Å². The van der Waals surface area contributed by atoms with E-state index in [1.54, 1.807) is 0 Å². The summed E-state index contributed by atoms with van der Waals surface area (Å²) < 4.78 is 1.98. The van der Waals surface area contributed by atoms with Gasteiger partial charge in [-0.05, 0) is 41.6 Å². The summed E-state index contributed by atoms with van der Waals surface area (Å²) in [6, 6.07) is 0.189. The first-order chi connectivity index (χ1) is 9.85. The lowest BCUT2D eigenvalue weighted by atomic mass is 9.87. The molecule has 0 aliphatic carbocycles. The Balaban J connectivity index is 2.61. The Hall–Kier alpha value is -0.970. The van der Waals surface area contributed by atoms with Crippen LogP contribution in [0.1, 0.15) is 79.1 Å². The van der Waals surface area contributed by atoms with Crippen LogP contribution in [-0.2, 0) is 6.54 Å². The Morgan fingerprint density at radius 2 is 1.90 bits per heavy atom. The van der Waals surface area contributed by atoms with Crippen LogP contribution >= 0.6 is 0 Å². The number of hydrogen-bond acceptors (Lipinski definition) is 4.